The molecular formula is C10H12N4. The van der Waals surface area contributed by atoms with Gasteiger partial charge in [-0.15, -0.1) is 0 Å². The first-order valence-electron chi connectivity index (χ1n) is 4.98. The second kappa shape index (κ2) is 2.77. The van der Waals surface area contributed by atoms with Crippen molar-refractivity contribution in [2.75, 3.05) is 0 Å². The van der Waals surface area contributed by atoms with Crippen molar-refractivity contribution in [3.8, 4) is 0 Å². The Hall–Kier alpha value is -1.45. The summed E-state index contributed by atoms with van der Waals surface area (Å²) >= 11 is 0. The lowest BCUT2D eigenvalue weighted by Crippen LogP contribution is -2.02. The Morgan fingerprint density at radius 1 is 1.50 bits per heavy atom. The van der Waals surface area contributed by atoms with Crippen LogP contribution in [0.15, 0.2) is 12.5 Å². The van der Waals surface area contributed by atoms with Gasteiger partial charge in [0.1, 0.15) is 6.33 Å². The van der Waals surface area contributed by atoms with Crippen molar-refractivity contribution in [2.45, 2.75) is 26.3 Å². The standard InChI is InChI=1S/C10H12N4/c1-7-9-4-11-6-12-10(9)14(13-7)5-8-2-3-8/h4,6,8H,2-3,5H2,1H3. The van der Waals surface area contributed by atoms with E-state index in [1.807, 2.05) is 17.8 Å². The molecule has 1 aliphatic carbocycles. The third kappa shape index (κ3) is 1.18. The molecule has 3 rings (SSSR count). The van der Waals surface area contributed by atoms with Crippen LogP contribution in [0, 0.1) is 12.8 Å². The number of hydrogen-bond donors (Lipinski definition) is 0. The van der Waals surface area contributed by atoms with Gasteiger partial charge in [-0.1, -0.05) is 0 Å². The maximum atomic E-state index is 4.48. The minimum absolute atomic E-state index is 0.826. The van der Waals surface area contributed by atoms with Gasteiger partial charge in [-0.2, -0.15) is 5.10 Å². The highest BCUT2D eigenvalue weighted by atomic mass is 15.3. The van der Waals surface area contributed by atoms with Gasteiger partial charge in [-0.3, -0.25) is 0 Å². The first-order valence-corrected chi connectivity index (χ1v) is 4.98. The second-order valence-electron chi connectivity index (χ2n) is 3.97. The minimum atomic E-state index is 0.826. The van der Waals surface area contributed by atoms with Gasteiger partial charge in [0.25, 0.3) is 0 Å². The van der Waals surface area contributed by atoms with E-state index in [9.17, 15) is 0 Å². The fourth-order valence-electron chi connectivity index (χ4n) is 1.74. The van der Waals surface area contributed by atoms with Gasteiger partial charge in [0.05, 0.1) is 11.1 Å². The van der Waals surface area contributed by atoms with Gasteiger partial charge in [0, 0.05) is 12.7 Å². The number of rotatable bonds is 2. The van der Waals surface area contributed by atoms with Crippen molar-refractivity contribution in [3.05, 3.63) is 18.2 Å². The molecule has 0 aromatic carbocycles. The van der Waals surface area contributed by atoms with Gasteiger partial charge in [0.15, 0.2) is 5.65 Å². The Morgan fingerprint density at radius 2 is 2.36 bits per heavy atom. The molecule has 0 radical (unpaired) electrons. The predicted molar refractivity (Wildman–Crippen MR) is 52.8 cm³/mol. The van der Waals surface area contributed by atoms with Crippen LogP contribution >= 0.6 is 0 Å². The predicted octanol–water partition coefficient (Wildman–Crippen LogP) is 1.54. The Balaban J connectivity index is 2.12. The molecular weight excluding hydrogens is 176 g/mol. The number of aromatic nitrogens is 4. The number of fused-ring (bicyclic) bond motifs is 1. The first-order chi connectivity index (χ1) is 6.84. The zero-order chi connectivity index (χ0) is 9.54. The fourth-order valence-corrected chi connectivity index (χ4v) is 1.74. The van der Waals surface area contributed by atoms with E-state index in [0.29, 0.717) is 0 Å². The normalized spacial score (nSPS) is 16.4. The number of nitrogens with zero attached hydrogens (tertiary/aromatic N) is 4. The van der Waals surface area contributed by atoms with Gasteiger partial charge in [-0.25, -0.2) is 14.6 Å². The third-order valence-corrected chi connectivity index (χ3v) is 2.72. The van der Waals surface area contributed by atoms with Crippen LogP contribution in [0.1, 0.15) is 18.5 Å². The van der Waals surface area contributed by atoms with Gasteiger partial charge < -0.3 is 0 Å². The summed E-state index contributed by atoms with van der Waals surface area (Å²) in [4.78, 5) is 8.29. The van der Waals surface area contributed by atoms with E-state index < -0.39 is 0 Å². The van der Waals surface area contributed by atoms with Crippen LogP contribution in [0.2, 0.25) is 0 Å². The molecule has 0 N–H and O–H groups in total. The summed E-state index contributed by atoms with van der Waals surface area (Å²) in [6, 6.07) is 0. The largest absolute Gasteiger partial charge is 0.247 e. The molecule has 0 bridgehead atoms. The molecule has 0 aliphatic heterocycles. The van der Waals surface area contributed by atoms with Crippen LogP contribution in [0.4, 0.5) is 0 Å². The highest BCUT2D eigenvalue weighted by Crippen LogP contribution is 2.31. The molecule has 2 aromatic rings. The summed E-state index contributed by atoms with van der Waals surface area (Å²) in [5.74, 6) is 0.826. The zero-order valence-corrected chi connectivity index (χ0v) is 8.14. The summed E-state index contributed by atoms with van der Waals surface area (Å²) in [7, 11) is 0. The lowest BCUT2D eigenvalue weighted by atomic mass is 10.3. The Labute approximate surface area is 82.0 Å². The second-order valence-corrected chi connectivity index (χ2v) is 3.97. The summed E-state index contributed by atoms with van der Waals surface area (Å²) in [5, 5.41) is 5.56. The molecule has 1 aliphatic rings. The maximum absolute atomic E-state index is 4.48. The number of hydrogen-bond acceptors (Lipinski definition) is 3. The Morgan fingerprint density at radius 3 is 3.14 bits per heavy atom. The molecule has 0 saturated heterocycles. The van der Waals surface area contributed by atoms with Crippen molar-refractivity contribution in [1.82, 2.24) is 19.7 Å². The summed E-state index contributed by atoms with van der Waals surface area (Å²) < 4.78 is 2.02. The lowest BCUT2D eigenvalue weighted by molar-refractivity contribution is 0.572. The van der Waals surface area contributed by atoms with Crippen LogP contribution in [0.5, 0.6) is 0 Å². The molecule has 0 atom stereocenters. The van der Waals surface area contributed by atoms with Crippen LogP contribution in [0.3, 0.4) is 0 Å². The lowest BCUT2D eigenvalue weighted by Gasteiger charge is -1.98. The van der Waals surface area contributed by atoms with Gasteiger partial charge in [-0.05, 0) is 25.7 Å². The molecule has 1 saturated carbocycles. The van der Waals surface area contributed by atoms with Crippen molar-refractivity contribution >= 4 is 11.0 Å². The van der Waals surface area contributed by atoms with Crippen molar-refractivity contribution in [2.24, 2.45) is 5.92 Å². The molecule has 72 valence electrons. The van der Waals surface area contributed by atoms with E-state index in [1.54, 1.807) is 6.33 Å². The van der Waals surface area contributed by atoms with E-state index in [0.717, 1.165) is 29.2 Å². The molecule has 0 unspecified atom stereocenters. The Kier molecular flexibility index (Phi) is 1.56. The molecule has 0 spiro atoms. The smallest absolute Gasteiger partial charge is 0.161 e. The zero-order valence-electron chi connectivity index (χ0n) is 8.14. The molecule has 4 heteroatoms. The van der Waals surface area contributed by atoms with Crippen LogP contribution in [-0.2, 0) is 6.54 Å². The summed E-state index contributed by atoms with van der Waals surface area (Å²) in [5.41, 5.74) is 2.01. The molecule has 0 amide bonds. The van der Waals surface area contributed by atoms with Crippen LogP contribution in [0.25, 0.3) is 11.0 Å². The molecule has 14 heavy (non-hydrogen) atoms. The SMILES string of the molecule is Cc1nn(CC2CC2)c2ncncc12. The molecule has 1 fully saturated rings. The molecule has 2 aromatic heterocycles. The first kappa shape index (κ1) is 7.91. The van der Waals surface area contributed by atoms with Gasteiger partial charge >= 0.3 is 0 Å². The fraction of sp³-hybridized carbons (Fsp3) is 0.500. The average molecular weight is 188 g/mol. The van der Waals surface area contributed by atoms with Crippen LogP contribution < -0.4 is 0 Å². The Bertz CT molecular complexity index is 470. The highest BCUT2D eigenvalue weighted by Gasteiger charge is 2.23. The maximum Gasteiger partial charge on any atom is 0.161 e. The van der Waals surface area contributed by atoms with E-state index in [1.165, 1.54) is 12.8 Å². The summed E-state index contributed by atoms with van der Waals surface area (Å²) in [6.45, 7) is 3.02. The van der Waals surface area contributed by atoms with E-state index >= 15 is 0 Å². The van der Waals surface area contributed by atoms with E-state index in [2.05, 4.69) is 15.1 Å². The summed E-state index contributed by atoms with van der Waals surface area (Å²) in [6.07, 6.45) is 6.11. The topological polar surface area (TPSA) is 43.6 Å². The van der Waals surface area contributed by atoms with Crippen molar-refractivity contribution < 1.29 is 0 Å². The number of aryl methyl sites for hydroxylation is 1. The van der Waals surface area contributed by atoms with E-state index in [4.69, 9.17) is 0 Å². The van der Waals surface area contributed by atoms with Crippen molar-refractivity contribution in [1.29, 1.82) is 0 Å². The highest BCUT2D eigenvalue weighted by molar-refractivity contribution is 5.76. The molecule has 4 nitrogen and oxygen atoms in total. The van der Waals surface area contributed by atoms with Crippen molar-refractivity contribution in [3.63, 3.8) is 0 Å². The monoisotopic (exact) mass is 188 g/mol. The molecule has 2 heterocycles. The minimum Gasteiger partial charge on any atom is -0.247 e. The van der Waals surface area contributed by atoms with Crippen LogP contribution in [-0.4, -0.2) is 19.7 Å². The van der Waals surface area contributed by atoms with E-state index in [-0.39, 0.29) is 0 Å². The van der Waals surface area contributed by atoms with Gasteiger partial charge in [0.2, 0.25) is 0 Å². The third-order valence-electron chi connectivity index (χ3n) is 2.72. The average Bonchev–Trinajstić information content (AvgIpc) is 2.95. The quantitative estimate of drug-likeness (QED) is 0.718.